The van der Waals surface area contributed by atoms with Crippen LogP contribution in [-0.2, 0) is 47.2 Å². The first kappa shape index (κ1) is 34.5. The summed E-state index contributed by atoms with van der Waals surface area (Å²) in [6, 6.07) is 0. The van der Waals surface area contributed by atoms with Gasteiger partial charge in [-0.15, -0.1) is 0 Å². The van der Waals surface area contributed by atoms with Crippen LogP contribution in [0, 0.1) is 16.2 Å². The molecular weight excluding hydrogens is 754 g/mol. The van der Waals surface area contributed by atoms with Crippen LogP contribution in [0.3, 0.4) is 0 Å². The third kappa shape index (κ3) is 5.43. The van der Waals surface area contributed by atoms with Gasteiger partial charge in [0.05, 0.1) is 0 Å². The Labute approximate surface area is 241 Å². The predicted octanol–water partition coefficient (Wildman–Crippen LogP) is -0.258. The average molecular weight is 790 g/mol. The van der Waals surface area contributed by atoms with Crippen LogP contribution in [-0.4, -0.2) is 107 Å². The summed E-state index contributed by atoms with van der Waals surface area (Å²) in [6.07, 6.45) is 0. The molecule has 0 aromatic heterocycles. The molecule has 0 bridgehead atoms. The van der Waals surface area contributed by atoms with Crippen molar-refractivity contribution in [3.05, 3.63) is 0 Å². The van der Waals surface area contributed by atoms with Crippen LogP contribution in [0.2, 0.25) is 9.88 Å². The Morgan fingerprint density at radius 2 is 0.925 bits per heavy atom. The molecule has 2 aliphatic heterocycles. The maximum absolute atomic E-state index is 13.3. The second-order valence-electron chi connectivity index (χ2n) is 12.2. The number of hydrogen-bond donors (Lipinski definition) is 3. The van der Waals surface area contributed by atoms with Crippen LogP contribution in [0.25, 0.3) is 0 Å². The molecule has 0 saturated carbocycles. The summed E-state index contributed by atoms with van der Waals surface area (Å²) in [7, 11) is 0. The molecule has 226 valence electrons. The molecule has 0 radical (unpaired) electrons. The predicted molar refractivity (Wildman–Crippen MR) is 133 cm³/mol. The average Bonchev–Trinajstić information content (AvgIpc) is 2.83. The monoisotopic (exact) mass is 792 g/mol. The molecule has 0 aromatic carbocycles. The van der Waals surface area contributed by atoms with Crippen molar-refractivity contribution in [2.24, 2.45) is 16.2 Å². The van der Waals surface area contributed by atoms with Crippen molar-refractivity contribution in [2.75, 3.05) is 0 Å². The molecule has 0 spiro atoms. The van der Waals surface area contributed by atoms with E-state index in [4.69, 9.17) is 18.4 Å². The first-order valence-electron chi connectivity index (χ1n) is 12.1. The Hall–Kier alpha value is -1.70. The van der Waals surface area contributed by atoms with E-state index in [0.717, 1.165) is 44.5 Å². The zero-order valence-corrected chi connectivity index (χ0v) is 29.9. The van der Waals surface area contributed by atoms with Crippen LogP contribution in [0.15, 0.2) is 0 Å². The van der Waals surface area contributed by atoms with E-state index in [9.17, 15) is 44.1 Å². The molecule has 2 rings (SSSR count). The van der Waals surface area contributed by atoms with Crippen LogP contribution < -0.4 is 0 Å². The molecule has 17 heteroatoms. The Kier molecular flexibility index (Phi) is 8.58. The number of carbonyl (C=O) groups excluding carboxylic acids is 6. The van der Waals surface area contributed by atoms with Crippen molar-refractivity contribution in [1.29, 1.82) is 0 Å². The molecule has 0 aromatic rings. The van der Waals surface area contributed by atoms with Gasteiger partial charge in [-0.25, -0.2) is 0 Å². The van der Waals surface area contributed by atoms with Gasteiger partial charge in [-0.1, -0.05) is 0 Å². The summed E-state index contributed by atoms with van der Waals surface area (Å²) >= 11 is -10.9. The van der Waals surface area contributed by atoms with Crippen molar-refractivity contribution in [1.82, 2.24) is 0 Å². The molecule has 0 aliphatic carbocycles. The van der Waals surface area contributed by atoms with E-state index < -0.39 is 108 Å². The summed E-state index contributed by atoms with van der Waals surface area (Å²) in [5, 5.41) is 32.3. The third-order valence-electron chi connectivity index (χ3n) is 8.04. The molecule has 2 fully saturated rings. The van der Waals surface area contributed by atoms with E-state index in [-0.39, 0.29) is 0 Å². The van der Waals surface area contributed by atoms with E-state index in [2.05, 4.69) is 0 Å². The van der Waals surface area contributed by atoms with E-state index in [1.54, 1.807) is 0 Å². The maximum atomic E-state index is 13.3. The van der Waals surface area contributed by atoms with Gasteiger partial charge in [-0.3, -0.25) is 0 Å². The Bertz CT molecular complexity index is 1020. The van der Waals surface area contributed by atoms with Crippen molar-refractivity contribution in [2.45, 2.75) is 89.0 Å². The van der Waals surface area contributed by atoms with Gasteiger partial charge in [0.1, 0.15) is 0 Å². The van der Waals surface area contributed by atoms with E-state index in [1.165, 1.54) is 27.7 Å². The third-order valence-corrected chi connectivity index (χ3v) is 17.6. The standard InChI is InChI=1S/3C7H12O5.2CH3.2Sn/c3*1-6(2,4(8)9)7(3,12)5(10)11;;;;/h3*12H,1-3H3,(H,8,9)(H,10,11);2*1H3;;/q;;;;;2*+3/p-6. The van der Waals surface area contributed by atoms with Crippen LogP contribution in [0.1, 0.15) is 62.3 Å². The Balaban J connectivity index is 2.34. The van der Waals surface area contributed by atoms with Crippen molar-refractivity contribution in [3.8, 4) is 0 Å². The quantitative estimate of drug-likeness (QED) is 0.306. The summed E-state index contributed by atoms with van der Waals surface area (Å²) in [5.74, 6) is -7.59. The molecule has 40 heavy (non-hydrogen) atoms. The molecular formula is C23H36O15Sn2. The van der Waals surface area contributed by atoms with E-state index >= 15 is 0 Å². The van der Waals surface area contributed by atoms with E-state index in [0.29, 0.717) is 0 Å². The summed E-state index contributed by atoms with van der Waals surface area (Å²) < 4.78 is 31.4. The fourth-order valence-corrected chi connectivity index (χ4v) is 13.5. The van der Waals surface area contributed by atoms with Crippen molar-refractivity contribution in [3.63, 3.8) is 0 Å². The van der Waals surface area contributed by atoms with Gasteiger partial charge in [-0.2, -0.15) is 0 Å². The first-order chi connectivity index (χ1) is 17.5. The number of hydrogen-bond acceptors (Lipinski definition) is 15. The second-order valence-corrected chi connectivity index (χ2v) is 25.5. The topological polar surface area (TPSA) is 218 Å². The molecule has 0 amide bonds. The number of aliphatic hydroxyl groups is 3. The van der Waals surface area contributed by atoms with Gasteiger partial charge in [0, 0.05) is 0 Å². The van der Waals surface area contributed by atoms with E-state index in [1.807, 2.05) is 0 Å². The van der Waals surface area contributed by atoms with Gasteiger partial charge in [0.25, 0.3) is 0 Å². The fraction of sp³-hybridized carbons (Fsp3) is 0.739. The minimum atomic E-state index is -5.49. The van der Waals surface area contributed by atoms with Crippen LogP contribution in [0.4, 0.5) is 0 Å². The molecule has 15 nitrogen and oxygen atoms in total. The first-order valence-corrected chi connectivity index (χ1v) is 24.8. The molecule has 2 heterocycles. The molecule has 3 N–H and O–H groups in total. The zero-order valence-electron chi connectivity index (χ0n) is 24.2. The van der Waals surface area contributed by atoms with Crippen LogP contribution >= 0.6 is 0 Å². The van der Waals surface area contributed by atoms with Gasteiger partial charge in [0.15, 0.2) is 0 Å². The minimum absolute atomic E-state index is 0.878. The van der Waals surface area contributed by atoms with Crippen LogP contribution in [0.5, 0.6) is 0 Å². The molecule has 2 aliphatic rings. The van der Waals surface area contributed by atoms with Gasteiger partial charge < -0.3 is 0 Å². The molecule has 5 unspecified atom stereocenters. The summed E-state index contributed by atoms with van der Waals surface area (Å²) in [6.45, 7) is 10.0. The molecule has 5 atom stereocenters. The molecule has 2 saturated heterocycles. The summed E-state index contributed by atoms with van der Waals surface area (Å²) in [5.41, 5.74) is -13.2. The summed E-state index contributed by atoms with van der Waals surface area (Å²) in [4.78, 5) is 79.2. The Morgan fingerprint density at radius 3 is 1.25 bits per heavy atom. The zero-order chi connectivity index (χ0) is 31.7. The number of rotatable bonds is 5. The fourth-order valence-electron chi connectivity index (χ4n) is 3.18. The Morgan fingerprint density at radius 1 is 0.650 bits per heavy atom. The van der Waals surface area contributed by atoms with Crippen molar-refractivity contribution < 1.29 is 62.5 Å². The van der Waals surface area contributed by atoms with Gasteiger partial charge >= 0.3 is 243 Å². The second kappa shape index (κ2) is 9.94. The normalized spacial score (nSPS) is 35.5. The van der Waals surface area contributed by atoms with Gasteiger partial charge in [0.2, 0.25) is 0 Å². The van der Waals surface area contributed by atoms with Crippen molar-refractivity contribution >= 4 is 75.1 Å². The van der Waals surface area contributed by atoms with Gasteiger partial charge in [-0.05, 0) is 0 Å². The SMILES string of the molecule is CC1(C)C(=O)[O][Sn]([CH3])([O]C(=O)C(C)(C)C(C)(O)C(=O)[O][Sn]2([CH3])[O]C(=O)C(C)(C)C(C)(O)C(=O)[O]2)[O]C(=O)C1(C)O. The number of carbonyl (C=O) groups is 6.